The predicted molar refractivity (Wildman–Crippen MR) is 72.1 cm³/mol. The van der Waals surface area contributed by atoms with Gasteiger partial charge in [-0.25, -0.2) is 0 Å². The number of aryl methyl sites for hydroxylation is 1. The Labute approximate surface area is 108 Å². The van der Waals surface area contributed by atoms with E-state index in [4.69, 9.17) is 5.73 Å². The second kappa shape index (κ2) is 5.98. The SMILES string of the molecule is Cc1ccc(CN2CCC(NC(=O)CN)C2)cc1. The fourth-order valence-electron chi connectivity index (χ4n) is 2.33. The van der Waals surface area contributed by atoms with Gasteiger partial charge in [0.1, 0.15) is 0 Å². The summed E-state index contributed by atoms with van der Waals surface area (Å²) in [7, 11) is 0. The zero-order chi connectivity index (χ0) is 13.0. The molecule has 0 spiro atoms. The lowest BCUT2D eigenvalue weighted by molar-refractivity contribution is -0.120. The molecule has 18 heavy (non-hydrogen) atoms. The van der Waals surface area contributed by atoms with E-state index < -0.39 is 0 Å². The summed E-state index contributed by atoms with van der Waals surface area (Å²) in [5.74, 6) is -0.0582. The molecule has 1 atom stereocenters. The molecule has 1 heterocycles. The minimum atomic E-state index is -0.0582. The van der Waals surface area contributed by atoms with Crippen molar-refractivity contribution in [2.45, 2.75) is 25.9 Å². The van der Waals surface area contributed by atoms with Crippen LogP contribution >= 0.6 is 0 Å². The number of benzene rings is 1. The van der Waals surface area contributed by atoms with Crippen LogP contribution < -0.4 is 11.1 Å². The Hall–Kier alpha value is -1.39. The second-order valence-electron chi connectivity index (χ2n) is 4.98. The first kappa shape index (κ1) is 13.1. The normalized spacial score (nSPS) is 20.0. The summed E-state index contributed by atoms with van der Waals surface area (Å²) in [6.45, 7) is 5.07. The van der Waals surface area contributed by atoms with Crippen LogP contribution in [0.15, 0.2) is 24.3 Å². The summed E-state index contributed by atoms with van der Waals surface area (Å²) in [5, 5.41) is 2.95. The average molecular weight is 247 g/mol. The van der Waals surface area contributed by atoms with E-state index >= 15 is 0 Å². The molecular weight excluding hydrogens is 226 g/mol. The molecule has 0 saturated carbocycles. The van der Waals surface area contributed by atoms with Crippen molar-refractivity contribution in [3.63, 3.8) is 0 Å². The molecule has 1 aliphatic heterocycles. The molecule has 4 nitrogen and oxygen atoms in total. The summed E-state index contributed by atoms with van der Waals surface area (Å²) >= 11 is 0. The van der Waals surface area contributed by atoms with E-state index in [1.807, 2.05) is 0 Å². The van der Waals surface area contributed by atoms with Crippen LogP contribution in [0.5, 0.6) is 0 Å². The predicted octanol–water partition coefficient (Wildman–Crippen LogP) is 0.644. The first-order chi connectivity index (χ1) is 8.67. The minimum Gasteiger partial charge on any atom is -0.351 e. The molecule has 0 radical (unpaired) electrons. The molecule has 1 saturated heterocycles. The topological polar surface area (TPSA) is 58.4 Å². The van der Waals surface area contributed by atoms with Crippen LogP contribution in [-0.4, -0.2) is 36.5 Å². The van der Waals surface area contributed by atoms with E-state index in [2.05, 4.69) is 41.4 Å². The Morgan fingerprint density at radius 3 is 2.83 bits per heavy atom. The molecule has 1 aromatic rings. The van der Waals surface area contributed by atoms with Crippen molar-refractivity contribution >= 4 is 5.91 Å². The molecule has 98 valence electrons. The van der Waals surface area contributed by atoms with Crippen molar-refractivity contribution in [1.82, 2.24) is 10.2 Å². The van der Waals surface area contributed by atoms with E-state index in [0.29, 0.717) is 0 Å². The third-order valence-electron chi connectivity index (χ3n) is 3.35. The monoisotopic (exact) mass is 247 g/mol. The van der Waals surface area contributed by atoms with Gasteiger partial charge in [-0.2, -0.15) is 0 Å². The number of amides is 1. The molecule has 3 N–H and O–H groups in total. The maximum atomic E-state index is 11.2. The Balaban J connectivity index is 1.82. The van der Waals surface area contributed by atoms with Crippen molar-refractivity contribution in [3.05, 3.63) is 35.4 Å². The molecule has 1 amide bonds. The van der Waals surface area contributed by atoms with Crippen LogP contribution in [0.1, 0.15) is 17.5 Å². The standard InChI is InChI=1S/C14H21N3O/c1-11-2-4-12(5-3-11)9-17-7-6-13(10-17)16-14(18)8-15/h2-5,13H,6-10,15H2,1H3,(H,16,18). The molecule has 0 bridgehead atoms. The number of hydrogen-bond acceptors (Lipinski definition) is 3. The molecular formula is C14H21N3O. The van der Waals surface area contributed by atoms with Crippen LogP contribution in [-0.2, 0) is 11.3 Å². The lowest BCUT2D eigenvalue weighted by Crippen LogP contribution is -2.40. The van der Waals surface area contributed by atoms with Crippen molar-refractivity contribution < 1.29 is 4.79 Å². The van der Waals surface area contributed by atoms with Gasteiger partial charge >= 0.3 is 0 Å². The highest BCUT2D eigenvalue weighted by molar-refractivity contribution is 5.78. The van der Waals surface area contributed by atoms with Gasteiger partial charge < -0.3 is 11.1 Å². The van der Waals surface area contributed by atoms with Gasteiger partial charge in [0.05, 0.1) is 6.54 Å². The molecule has 1 unspecified atom stereocenters. The van der Waals surface area contributed by atoms with Crippen molar-refractivity contribution in [3.8, 4) is 0 Å². The number of hydrogen-bond donors (Lipinski definition) is 2. The Bertz CT molecular complexity index is 402. The third kappa shape index (κ3) is 3.55. The van der Waals surface area contributed by atoms with Gasteiger partial charge in [-0.3, -0.25) is 9.69 Å². The highest BCUT2D eigenvalue weighted by Gasteiger charge is 2.23. The molecule has 2 rings (SSSR count). The van der Waals surface area contributed by atoms with E-state index in [9.17, 15) is 4.79 Å². The number of likely N-dealkylation sites (tertiary alicyclic amines) is 1. The van der Waals surface area contributed by atoms with Gasteiger partial charge in [-0.05, 0) is 18.9 Å². The quantitative estimate of drug-likeness (QED) is 0.821. The Morgan fingerprint density at radius 1 is 1.44 bits per heavy atom. The molecule has 1 aromatic carbocycles. The van der Waals surface area contributed by atoms with Crippen molar-refractivity contribution in [2.24, 2.45) is 5.73 Å². The highest BCUT2D eigenvalue weighted by Crippen LogP contribution is 2.14. The van der Waals surface area contributed by atoms with Gasteiger partial charge in [-0.1, -0.05) is 29.8 Å². The molecule has 1 aliphatic rings. The third-order valence-corrected chi connectivity index (χ3v) is 3.35. The van der Waals surface area contributed by atoms with Gasteiger partial charge in [0, 0.05) is 25.7 Å². The van der Waals surface area contributed by atoms with E-state index in [0.717, 1.165) is 26.1 Å². The zero-order valence-corrected chi connectivity index (χ0v) is 10.9. The maximum Gasteiger partial charge on any atom is 0.233 e. The molecule has 0 aromatic heterocycles. The number of carbonyl (C=O) groups excluding carboxylic acids is 1. The number of nitrogens with two attached hydrogens (primary N) is 1. The first-order valence-corrected chi connectivity index (χ1v) is 6.44. The van der Waals surface area contributed by atoms with Gasteiger partial charge in [0.2, 0.25) is 5.91 Å². The summed E-state index contributed by atoms with van der Waals surface area (Å²) in [5.41, 5.74) is 7.91. The Morgan fingerprint density at radius 2 is 2.17 bits per heavy atom. The first-order valence-electron chi connectivity index (χ1n) is 6.44. The van der Waals surface area contributed by atoms with Crippen molar-refractivity contribution in [1.29, 1.82) is 0 Å². The fraction of sp³-hybridized carbons (Fsp3) is 0.500. The van der Waals surface area contributed by atoms with Crippen LogP contribution in [0.3, 0.4) is 0 Å². The highest BCUT2D eigenvalue weighted by atomic mass is 16.1. The molecule has 4 heteroatoms. The van der Waals surface area contributed by atoms with Gasteiger partial charge in [-0.15, -0.1) is 0 Å². The minimum absolute atomic E-state index is 0.0582. The van der Waals surface area contributed by atoms with Gasteiger partial charge in [0.15, 0.2) is 0 Å². The molecule has 0 aliphatic carbocycles. The van der Waals surface area contributed by atoms with Crippen LogP contribution in [0.25, 0.3) is 0 Å². The zero-order valence-electron chi connectivity index (χ0n) is 10.9. The number of nitrogens with one attached hydrogen (secondary N) is 1. The summed E-state index contributed by atoms with van der Waals surface area (Å²) in [6, 6.07) is 8.87. The van der Waals surface area contributed by atoms with Gasteiger partial charge in [0.25, 0.3) is 0 Å². The second-order valence-corrected chi connectivity index (χ2v) is 4.98. The van der Waals surface area contributed by atoms with Crippen LogP contribution in [0.2, 0.25) is 0 Å². The lowest BCUT2D eigenvalue weighted by atomic mass is 10.1. The lowest BCUT2D eigenvalue weighted by Gasteiger charge is -2.16. The number of rotatable bonds is 4. The van der Waals surface area contributed by atoms with E-state index in [1.165, 1.54) is 11.1 Å². The summed E-state index contributed by atoms with van der Waals surface area (Å²) in [4.78, 5) is 13.6. The van der Waals surface area contributed by atoms with E-state index in [-0.39, 0.29) is 18.5 Å². The smallest absolute Gasteiger partial charge is 0.233 e. The van der Waals surface area contributed by atoms with E-state index in [1.54, 1.807) is 0 Å². The fourth-order valence-corrected chi connectivity index (χ4v) is 2.33. The molecule has 1 fully saturated rings. The maximum absolute atomic E-state index is 11.2. The average Bonchev–Trinajstić information content (AvgIpc) is 2.79. The van der Waals surface area contributed by atoms with Crippen molar-refractivity contribution in [2.75, 3.05) is 19.6 Å². The summed E-state index contributed by atoms with van der Waals surface area (Å²) < 4.78 is 0. The number of carbonyl (C=O) groups is 1. The Kier molecular flexibility index (Phi) is 4.33. The van der Waals surface area contributed by atoms with Crippen LogP contribution in [0.4, 0.5) is 0 Å². The van der Waals surface area contributed by atoms with Crippen LogP contribution in [0, 0.1) is 6.92 Å². The summed E-state index contributed by atoms with van der Waals surface area (Å²) in [6.07, 6.45) is 1.01. The largest absolute Gasteiger partial charge is 0.351 e. The number of nitrogens with zero attached hydrogens (tertiary/aromatic N) is 1.